The van der Waals surface area contributed by atoms with Crippen LogP contribution in [0.25, 0.3) is 47.8 Å². The van der Waals surface area contributed by atoms with Gasteiger partial charge in [0.25, 0.3) is 0 Å². The number of fused-ring (bicyclic) bond motifs is 7. The predicted octanol–water partition coefficient (Wildman–Crippen LogP) is 14.1. The average molecular weight is 961 g/mol. The third-order valence-electron chi connectivity index (χ3n) is 11.1. The minimum absolute atomic E-state index is 0. The van der Waals surface area contributed by atoms with Gasteiger partial charge in [-0.05, 0) is 87.5 Å². The van der Waals surface area contributed by atoms with Crippen LogP contribution in [-0.2, 0) is 37.3 Å². The molecule has 0 fully saturated rings. The molecular weight excluding hydrogens is 912 g/mol. The molecule has 5 aromatic carbocycles. The Morgan fingerprint density at radius 2 is 1.38 bits per heavy atom. The summed E-state index contributed by atoms with van der Waals surface area (Å²) in [6, 6.07) is 39.7. The van der Waals surface area contributed by atoms with Crippen molar-refractivity contribution in [3.8, 4) is 17.3 Å². The van der Waals surface area contributed by atoms with E-state index in [0.717, 1.165) is 27.9 Å². The van der Waals surface area contributed by atoms with Gasteiger partial charge in [-0.25, -0.2) is 4.98 Å². The molecule has 0 amide bonds. The van der Waals surface area contributed by atoms with Gasteiger partial charge in [0.2, 0.25) is 0 Å². The molecule has 4 heterocycles. The van der Waals surface area contributed by atoms with E-state index in [2.05, 4.69) is 188 Å². The zero-order valence-electron chi connectivity index (χ0n) is 34.9. The maximum Gasteiger partial charge on any atom is 0.135 e. The molecule has 0 saturated heterocycles. The summed E-state index contributed by atoms with van der Waals surface area (Å²) in [4.78, 5) is 9.32. The molecule has 0 radical (unpaired) electrons. The first-order valence-electron chi connectivity index (χ1n) is 19.8. The Morgan fingerprint density at radius 1 is 0.655 bits per heavy atom. The van der Waals surface area contributed by atoms with E-state index in [-0.39, 0.29) is 37.3 Å². The van der Waals surface area contributed by atoms with Crippen molar-refractivity contribution >= 4 is 64.7 Å². The molecule has 58 heavy (non-hydrogen) atoms. The molecule has 5 nitrogen and oxygen atoms in total. The Balaban J connectivity index is 0.00000469. The van der Waals surface area contributed by atoms with Gasteiger partial charge in [-0.1, -0.05) is 104 Å². The molecule has 0 spiro atoms. The van der Waals surface area contributed by atoms with E-state index in [1.165, 1.54) is 53.5 Å². The zero-order valence-corrected chi connectivity index (χ0v) is 38.0. The molecule has 0 saturated carbocycles. The second kappa shape index (κ2) is 14.4. The van der Waals surface area contributed by atoms with Crippen LogP contribution in [0, 0.1) is 25.7 Å². The van der Waals surface area contributed by atoms with E-state index in [4.69, 9.17) is 9.72 Å². The maximum absolute atomic E-state index is 6.61. The molecule has 0 aliphatic carbocycles. The van der Waals surface area contributed by atoms with Gasteiger partial charge in [0.05, 0.1) is 5.52 Å². The molecule has 0 unspecified atom stereocenters. The summed E-state index contributed by atoms with van der Waals surface area (Å²) in [6.45, 7) is 24.8. The topological polar surface area (TPSA) is 33.5 Å². The molecule has 0 bridgehead atoms. The van der Waals surface area contributed by atoms with E-state index in [1.54, 1.807) is 0 Å². The second-order valence-electron chi connectivity index (χ2n) is 18.4. The first kappa shape index (κ1) is 39.9. The number of aryl methyl sites for hydroxylation is 1. The van der Waals surface area contributed by atoms with Crippen molar-refractivity contribution in [3.05, 3.63) is 151 Å². The van der Waals surface area contributed by atoms with Crippen LogP contribution in [0.15, 0.2) is 110 Å². The van der Waals surface area contributed by atoms with Crippen LogP contribution in [0.1, 0.15) is 84.6 Å². The molecule has 0 N–H and O–H groups in total. The summed E-state index contributed by atoms with van der Waals surface area (Å²) in [5.74, 6) is 2.10. The van der Waals surface area contributed by atoms with Crippen molar-refractivity contribution in [2.45, 2.75) is 85.5 Å². The Labute approximate surface area is 361 Å². The van der Waals surface area contributed by atoms with Gasteiger partial charge in [0.1, 0.15) is 5.82 Å². The first-order chi connectivity index (χ1) is 27.0. The van der Waals surface area contributed by atoms with Crippen molar-refractivity contribution in [2.75, 3.05) is 9.80 Å². The monoisotopic (exact) mass is 960 g/mol. The Bertz CT molecular complexity index is 2900. The van der Waals surface area contributed by atoms with E-state index < -0.39 is 0 Å². The number of anilines is 2. The number of rotatable bonds is 5. The van der Waals surface area contributed by atoms with Gasteiger partial charge in [-0.15, -0.1) is 59.4 Å². The zero-order chi connectivity index (χ0) is 40.0. The smallest absolute Gasteiger partial charge is 0.135 e. The number of pyridine rings is 1. The van der Waals surface area contributed by atoms with E-state index >= 15 is 0 Å². The summed E-state index contributed by atoms with van der Waals surface area (Å²) in [7, 11) is 0. The van der Waals surface area contributed by atoms with Gasteiger partial charge >= 0.3 is 0 Å². The number of aromatic nitrogens is 2. The summed E-state index contributed by atoms with van der Waals surface area (Å²) < 4.78 is 11.4. The van der Waals surface area contributed by atoms with E-state index in [0.29, 0.717) is 11.5 Å². The summed E-state index contributed by atoms with van der Waals surface area (Å²) >= 11 is 1.83. The van der Waals surface area contributed by atoms with Crippen LogP contribution in [0.5, 0.6) is 11.5 Å². The van der Waals surface area contributed by atoms with Crippen molar-refractivity contribution in [1.29, 1.82) is 0 Å². The number of hydrogen-bond donors (Lipinski definition) is 0. The minimum atomic E-state index is -0.0384. The number of thiophene rings is 1. The Kier molecular flexibility index (Phi) is 9.93. The third-order valence-corrected chi connectivity index (χ3v) is 12.2. The maximum atomic E-state index is 6.61. The SMILES string of the molecule is Cc1cc(C(C)(C)C)cc(C(C)(C)C)c1N1C=CN(c2[c-]c(Oc3[c-]c4c(cc3)c3ccc5sc6ccccc6c5c3n4-c3cc(C(C)(C)C)ccn3)ccc2)[CH-]1.[Pt]. The molecule has 8 aromatic rings. The molecule has 298 valence electrons. The van der Waals surface area contributed by atoms with Gasteiger partial charge in [-0.2, -0.15) is 12.1 Å². The second-order valence-corrected chi connectivity index (χ2v) is 19.5. The first-order valence-corrected chi connectivity index (χ1v) is 20.6. The fourth-order valence-corrected chi connectivity index (χ4v) is 9.14. The van der Waals surface area contributed by atoms with Crippen LogP contribution in [-0.4, -0.2) is 9.55 Å². The predicted molar refractivity (Wildman–Crippen MR) is 241 cm³/mol. The van der Waals surface area contributed by atoms with Gasteiger partial charge in [0, 0.05) is 64.6 Å². The standard InChI is InChI=1S/C51H49N4OS.Pt/c1-32-26-34(50(5,6)7)27-41(51(8,9)10)47(32)54-25-24-53(31-54)35-14-13-15-36(29-35)56-37-18-19-38-39-20-21-44-46(40-16-11-12-17-43(40)57-44)48(39)55(42(38)30-37)45-28-33(22-23-52-45)49(2,3)4;/h11-28,31H,1-10H3;/q-3;. The summed E-state index contributed by atoms with van der Waals surface area (Å²) in [5, 5.41) is 4.76. The van der Waals surface area contributed by atoms with Crippen LogP contribution in [0.2, 0.25) is 0 Å². The quantitative estimate of drug-likeness (QED) is 0.161. The fraction of sp³-hybridized carbons (Fsp3) is 0.255. The van der Waals surface area contributed by atoms with Crippen molar-refractivity contribution in [1.82, 2.24) is 9.55 Å². The normalized spacial score (nSPS) is 13.7. The minimum Gasteiger partial charge on any atom is -0.509 e. The number of hydrogen-bond acceptors (Lipinski definition) is 5. The third kappa shape index (κ3) is 7.03. The van der Waals surface area contributed by atoms with Crippen molar-refractivity contribution < 1.29 is 25.8 Å². The van der Waals surface area contributed by atoms with Crippen LogP contribution < -0.4 is 14.5 Å². The average Bonchev–Trinajstić information content (AvgIpc) is 3.88. The largest absolute Gasteiger partial charge is 0.509 e. The number of ether oxygens (including phenoxy) is 1. The molecule has 7 heteroatoms. The Hall–Kier alpha value is -4.90. The molecule has 1 aliphatic heterocycles. The van der Waals surface area contributed by atoms with Crippen molar-refractivity contribution in [3.63, 3.8) is 0 Å². The molecule has 0 atom stereocenters. The molecule has 1 aliphatic rings. The van der Waals surface area contributed by atoms with Gasteiger partial charge in [-0.3, -0.25) is 0 Å². The van der Waals surface area contributed by atoms with E-state index in [9.17, 15) is 0 Å². The molecule has 9 rings (SSSR count). The van der Waals surface area contributed by atoms with Gasteiger partial charge < -0.3 is 19.1 Å². The van der Waals surface area contributed by atoms with Gasteiger partial charge in [0.15, 0.2) is 0 Å². The van der Waals surface area contributed by atoms with Crippen molar-refractivity contribution in [2.24, 2.45) is 0 Å². The molecule has 3 aromatic heterocycles. The van der Waals surface area contributed by atoms with Crippen LogP contribution in [0.4, 0.5) is 11.4 Å². The van der Waals surface area contributed by atoms with Crippen LogP contribution >= 0.6 is 11.3 Å². The fourth-order valence-electron chi connectivity index (χ4n) is 8.03. The Morgan fingerprint density at radius 3 is 2.14 bits per heavy atom. The number of benzene rings is 5. The summed E-state index contributed by atoms with van der Waals surface area (Å²) in [5.41, 5.74) is 9.32. The number of nitrogens with zero attached hydrogens (tertiary/aromatic N) is 4. The van der Waals surface area contributed by atoms with E-state index in [1.807, 2.05) is 35.7 Å². The summed E-state index contributed by atoms with van der Waals surface area (Å²) in [6.07, 6.45) is 6.15. The van der Waals surface area contributed by atoms with Crippen LogP contribution in [0.3, 0.4) is 0 Å². The molecular formula is C51H49N4OPtS-3.